The number of aliphatic hydroxyl groups is 1. The fourth-order valence-corrected chi connectivity index (χ4v) is 19.5. The standard InChI is InChI=1S/C25H33FN8O3.C25H27N7O4.C24H33FN8O3.C24H31N7O4/c1-27-22-13-21(31-23-17(14-28-34(22)23)24(35)30-18-7-8-20(18)37-2)29-19-6-4-11-33(25(19)36)16-5-3-10-32(15-16)12-9-26;1-26-22-13-21(28-19-5-4-12-31(25(19)34)15-6-8-16(35-2)9-7-15)30-23-17(14-27-32(22)23)24(33)29-18-10-11-20(18)36-3;1-26-21-12-20(28-18-4-3-9-32(24(18)35)15-7-10-31(14-15)11-8-25)30-22-16(13-27-33(21)22)23(34)29-17-5-6-19(17)36-2;1-25-21-12-20(27-16-6-5-11-30(24(16)34)17-7-3-4-8-18(17)32)29-22-14(13-26-31(21)22)23(33)28-15-9-10-19(15)35-2/h4,6,11,13-14,16,18,20,27H,3,5,7-10,12,15H2,1-2H3,(H,29,31)(H,30,35);4-9,12-14,18,20,26H,10-11H2,1-3H3,(H,28,30)(H,29,33);3-4,9,12-13,15-17,19,22,28,30H,5-8,10-11,14H2,1-2H3,(H,29,34);5-6,11-13,15,17-19,25,32H,3-4,7-10H2,1-2H3,(H,27,29)(H,28,33)/t16-,18+,20+;18-,20-;15-,16?,17?,19?,22?;15-,17+,18-,19-/m0001/s1. The molecule has 4 unspecified atom stereocenters. The zero-order valence-corrected chi connectivity index (χ0v) is 81.8. The van der Waals surface area contributed by atoms with Gasteiger partial charge in [0.1, 0.15) is 117 Å². The quantitative estimate of drug-likeness (QED) is 0.0196. The Bertz CT molecular complexity index is 6790. The van der Waals surface area contributed by atoms with Crippen molar-refractivity contribution in [3.8, 4) is 11.4 Å². The maximum Gasteiger partial charge on any atom is 0.278 e. The lowest BCUT2D eigenvalue weighted by atomic mass is 9.88. The van der Waals surface area contributed by atoms with Crippen LogP contribution in [0.2, 0.25) is 0 Å². The molecule has 9 aliphatic rings. The molecule has 0 radical (unpaired) electrons. The summed E-state index contributed by atoms with van der Waals surface area (Å²) >= 11 is 0. The van der Waals surface area contributed by atoms with Crippen LogP contribution in [0.1, 0.15) is 146 Å². The number of benzene rings is 1. The summed E-state index contributed by atoms with van der Waals surface area (Å²) < 4.78 is 63.6. The molecule has 46 heteroatoms. The van der Waals surface area contributed by atoms with Crippen molar-refractivity contribution in [3.63, 3.8) is 0 Å². The summed E-state index contributed by atoms with van der Waals surface area (Å²) in [6.45, 7) is 2.89. The first kappa shape index (κ1) is 101. The number of pyridine rings is 4. The number of aliphatic imine (C=N–C) groups is 1. The summed E-state index contributed by atoms with van der Waals surface area (Å²) in [5, 5.41) is 66.6. The lowest BCUT2D eigenvalue weighted by Gasteiger charge is -2.38. The molecule has 144 heavy (non-hydrogen) atoms. The van der Waals surface area contributed by atoms with Crippen LogP contribution in [0, 0.1) is 5.92 Å². The largest absolute Gasteiger partial charge is 0.497 e. The normalized spacial score (nSPS) is 23.3. The summed E-state index contributed by atoms with van der Waals surface area (Å²) in [6.07, 6.45) is 27.0. The van der Waals surface area contributed by atoms with Gasteiger partial charge in [-0.2, -0.15) is 33.9 Å². The van der Waals surface area contributed by atoms with E-state index in [0.29, 0.717) is 147 Å². The first-order chi connectivity index (χ1) is 70.0. The third-order valence-corrected chi connectivity index (χ3v) is 28.2. The molecule has 4 amide bonds. The lowest BCUT2D eigenvalue weighted by molar-refractivity contribution is -0.127. The van der Waals surface area contributed by atoms with Gasteiger partial charge in [-0.05, 0) is 163 Å². The Morgan fingerprint density at radius 1 is 0.486 bits per heavy atom. The Morgan fingerprint density at radius 3 is 1.34 bits per heavy atom. The molecular formula is C98H124F2N30O14. The maximum atomic E-state index is 13.4. The predicted molar refractivity (Wildman–Crippen MR) is 540 cm³/mol. The Kier molecular flexibility index (Phi) is 32.1. The number of fused-ring (bicyclic) bond motifs is 4. The fourth-order valence-electron chi connectivity index (χ4n) is 19.5. The molecule has 2 saturated heterocycles. The minimum Gasteiger partial charge on any atom is -0.497 e. The summed E-state index contributed by atoms with van der Waals surface area (Å²) in [7, 11) is 15.1. The number of anilines is 10. The van der Waals surface area contributed by atoms with Gasteiger partial charge < -0.3 is 106 Å². The topological polar surface area (TPSA) is 492 Å². The van der Waals surface area contributed by atoms with Gasteiger partial charge in [-0.15, -0.1) is 0 Å². The van der Waals surface area contributed by atoms with Crippen molar-refractivity contribution in [1.29, 1.82) is 0 Å². The molecular weight excluding hydrogens is 1860 g/mol. The van der Waals surface area contributed by atoms with Crippen molar-refractivity contribution in [1.82, 2.24) is 103 Å². The number of carbonyl (C=O) groups excluding carboxylic acids is 4. The molecule has 44 nitrogen and oxygen atoms in total. The van der Waals surface area contributed by atoms with E-state index in [9.17, 15) is 52.2 Å². The molecule has 13 N–H and O–H groups in total. The molecule has 5 aliphatic carbocycles. The molecule has 14 atom stereocenters. The molecule has 5 saturated carbocycles. The number of hydrogen-bond acceptors (Lipinski definition) is 32. The number of likely N-dealkylation sites (tertiary alicyclic amines) is 2. The summed E-state index contributed by atoms with van der Waals surface area (Å²) in [5.74, 6) is 3.34. The Balaban J connectivity index is 0.000000132. The number of amidine groups is 1. The first-order valence-electron chi connectivity index (χ1n) is 48.7. The zero-order chi connectivity index (χ0) is 101. The Labute approximate surface area is 827 Å². The highest BCUT2D eigenvalue weighted by molar-refractivity contribution is 6.03. The van der Waals surface area contributed by atoms with Gasteiger partial charge in [-0.25, -0.2) is 28.7 Å². The van der Waals surface area contributed by atoms with E-state index in [0.717, 1.165) is 103 Å². The molecule has 0 bridgehead atoms. The predicted octanol–water partition coefficient (Wildman–Crippen LogP) is 7.32. The molecule has 4 aliphatic heterocycles. The highest BCUT2D eigenvalue weighted by atomic mass is 19.1. The SMILES string of the molecule is CN=C1C=C(Nc2cccn([C@H]3CCN(CCF)C3)c2=O)NC2C(C(=O)NC3CCC3OC)C=NN12.CNc1cc(Nc2cccn(-c3ccc(OC)cc3)c2=O)nc2c(C(=O)N[C@H]3CC[C@@H]3OC)cnn12.CNc1cc(Nc2cccn([C@H]3CCCC[C@H]3O)c2=O)nc2c(C(=O)N[C@@H]3CC[C@H]3OC)cnn12.CNc1cc(Nc2cccn([C@H]3CCCN(CCF)C3)c2=O)nc2c(C(=O)N[C@@H]3CC[C@H]3OC)cnn12. The second-order valence-corrected chi connectivity index (χ2v) is 36.7. The van der Waals surface area contributed by atoms with Gasteiger partial charge in [0.05, 0.1) is 92.5 Å². The minimum absolute atomic E-state index is 0.000178. The van der Waals surface area contributed by atoms with Crippen LogP contribution in [0.5, 0.6) is 5.75 Å². The van der Waals surface area contributed by atoms with Crippen LogP contribution in [-0.4, -0.2) is 295 Å². The van der Waals surface area contributed by atoms with Crippen LogP contribution >= 0.6 is 0 Å². The number of alkyl halides is 2. The fraction of sp³-hybridized carbons (Fsp3) is 0.469. The van der Waals surface area contributed by atoms with E-state index in [2.05, 4.69) is 109 Å². The van der Waals surface area contributed by atoms with E-state index in [1.54, 1.807) is 212 Å². The average molecular weight is 1980 g/mol. The van der Waals surface area contributed by atoms with E-state index in [-0.39, 0.29) is 119 Å². The lowest BCUT2D eigenvalue weighted by Crippen LogP contribution is -2.58. The molecule has 11 aromatic rings. The van der Waals surface area contributed by atoms with Gasteiger partial charge in [0.2, 0.25) is 5.91 Å². The van der Waals surface area contributed by atoms with Gasteiger partial charge in [0.25, 0.3) is 40.0 Å². The van der Waals surface area contributed by atoms with Gasteiger partial charge >= 0.3 is 0 Å². The second-order valence-electron chi connectivity index (χ2n) is 36.7. The van der Waals surface area contributed by atoms with E-state index < -0.39 is 24.9 Å². The molecule has 14 heterocycles. The van der Waals surface area contributed by atoms with Crippen LogP contribution in [0.15, 0.2) is 176 Å². The monoisotopic (exact) mass is 1980 g/mol. The number of hydrazone groups is 1. The van der Waals surface area contributed by atoms with E-state index in [1.165, 1.54) is 23.2 Å². The zero-order valence-electron chi connectivity index (χ0n) is 81.8. The summed E-state index contributed by atoms with van der Waals surface area (Å²) in [4.78, 5) is 127. The second kappa shape index (κ2) is 45.8. The third-order valence-electron chi connectivity index (χ3n) is 28.2. The highest BCUT2D eigenvalue weighted by Gasteiger charge is 2.44. The Morgan fingerprint density at radius 2 is 0.910 bits per heavy atom. The van der Waals surface area contributed by atoms with Crippen LogP contribution in [-0.2, 0) is 23.7 Å². The van der Waals surface area contributed by atoms with Gasteiger partial charge in [0, 0.05) is 156 Å². The number of piperidine rings is 1. The highest BCUT2D eigenvalue weighted by Crippen LogP contribution is 2.35. The minimum atomic E-state index is -0.544. The number of nitrogens with one attached hydrogen (secondary N) is 12. The van der Waals surface area contributed by atoms with Gasteiger partial charge in [-0.1, -0.05) is 12.8 Å². The number of methoxy groups -OCH3 is 5. The van der Waals surface area contributed by atoms with Gasteiger partial charge in [0.15, 0.2) is 16.9 Å². The molecule has 10 aromatic heterocycles. The van der Waals surface area contributed by atoms with Crippen molar-refractivity contribution >= 4 is 110 Å². The first-order valence-corrected chi connectivity index (χ1v) is 48.7. The number of hydrogen-bond donors (Lipinski definition) is 13. The Hall–Kier alpha value is -14.6. The van der Waals surface area contributed by atoms with Crippen LogP contribution in [0.3, 0.4) is 0 Å². The van der Waals surface area contributed by atoms with Crippen molar-refractivity contribution in [3.05, 3.63) is 204 Å². The van der Waals surface area contributed by atoms with E-state index in [1.807, 2.05) is 17.0 Å². The van der Waals surface area contributed by atoms with E-state index in [4.69, 9.17) is 23.7 Å². The number of aliphatic hydroxyl groups excluding tert-OH is 1. The molecule has 7 fully saturated rings. The number of ether oxygens (including phenoxy) is 5. The number of rotatable bonds is 32. The molecule has 20 rings (SSSR count). The van der Waals surface area contributed by atoms with Crippen molar-refractivity contribution in [2.45, 2.75) is 175 Å². The number of nitrogens with zero attached hydrogens (tertiary/aromatic N) is 18. The number of halogens is 2. The number of amides is 4. The smallest absolute Gasteiger partial charge is 0.278 e. The average Bonchev–Trinajstić information content (AvgIpc) is 1.62. The molecule has 764 valence electrons. The maximum absolute atomic E-state index is 13.4. The van der Waals surface area contributed by atoms with Crippen molar-refractivity contribution < 1.29 is 56.7 Å². The van der Waals surface area contributed by atoms with Crippen molar-refractivity contribution in [2.24, 2.45) is 16.0 Å². The van der Waals surface area contributed by atoms with Gasteiger partial charge in [-0.3, -0.25) is 57.7 Å². The van der Waals surface area contributed by atoms with E-state index >= 15 is 0 Å². The summed E-state index contributed by atoms with van der Waals surface area (Å²) in [5.41, 5.74) is 3.42. The summed E-state index contributed by atoms with van der Waals surface area (Å²) in [6, 6.07) is 26.0. The third kappa shape index (κ3) is 21.8. The molecule has 1 aromatic carbocycles. The van der Waals surface area contributed by atoms with Crippen LogP contribution in [0.25, 0.3) is 22.6 Å². The number of carbonyl (C=O) groups is 4. The van der Waals surface area contributed by atoms with Crippen molar-refractivity contribution in [2.75, 3.05) is 154 Å². The van der Waals surface area contributed by atoms with Crippen LogP contribution in [0.4, 0.5) is 66.4 Å². The number of aromatic nitrogens is 13. The van der Waals surface area contributed by atoms with Crippen LogP contribution < -0.4 is 90.8 Å². The molecule has 0 spiro atoms.